The monoisotopic (exact) mass is 325 g/mol. The number of hydrogen-bond acceptors (Lipinski definition) is 3. The fraction of sp³-hybridized carbons (Fsp3) is 0.357. The lowest BCUT2D eigenvalue weighted by molar-refractivity contribution is -0.131. The number of nitriles is 1. The minimum atomic E-state index is -0.200. The summed E-state index contributed by atoms with van der Waals surface area (Å²) in [6.45, 7) is 1.71. The Bertz CT molecular complexity index is 605. The number of benzene rings is 1. The molecule has 0 saturated carbocycles. The van der Waals surface area contributed by atoms with Crippen molar-refractivity contribution in [1.82, 2.24) is 9.80 Å². The lowest BCUT2D eigenvalue weighted by Crippen LogP contribution is -2.50. The minimum absolute atomic E-state index is 0.128. The molecule has 1 fully saturated rings. The van der Waals surface area contributed by atoms with E-state index in [-0.39, 0.29) is 18.2 Å². The number of rotatable bonds is 2. The van der Waals surface area contributed by atoms with Gasteiger partial charge in [-0.3, -0.25) is 9.59 Å². The van der Waals surface area contributed by atoms with Crippen molar-refractivity contribution in [3.63, 3.8) is 0 Å². The van der Waals surface area contributed by atoms with E-state index < -0.39 is 0 Å². The zero-order valence-corrected chi connectivity index (χ0v) is 12.7. The zero-order chi connectivity index (χ0) is 15.4. The highest BCUT2D eigenvalue weighted by Gasteiger charge is 2.25. The Morgan fingerprint density at radius 3 is 2.33 bits per heavy atom. The maximum Gasteiger partial charge on any atom is 0.255 e. The second kappa shape index (κ2) is 6.79. The van der Waals surface area contributed by atoms with Gasteiger partial charge in [0.05, 0.1) is 16.7 Å². The molecule has 0 aromatic heterocycles. The third-order valence-electron chi connectivity index (χ3n) is 3.31. The molecule has 7 heteroatoms. The molecule has 0 aliphatic carbocycles. The fourth-order valence-corrected chi connectivity index (χ4v) is 2.66. The summed E-state index contributed by atoms with van der Waals surface area (Å²) in [6.07, 6.45) is -0.128. The van der Waals surface area contributed by atoms with Crippen LogP contribution in [0.1, 0.15) is 16.8 Å². The van der Waals surface area contributed by atoms with Gasteiger partial charge in [0, 0.05) is 31.2 Å². The van der Waals surface area contributed by atoms with Crippen molar-refractivity contribution in [1.29, 1.82) is 5.26 Å². The van der Waals surface area contributed by atoms with E-state index in [1.807, 2.05) is 6.07 Å². The molecule has 1 aromatic rings. The van der Waals surface area contributed by atoms with Crippen molar-refractivity contribution in [2.75, 3.05) is 26.2 Å². The fourth-order valence-electron chi connectivity index (χ4n) is 2.17. The van der Waals surface area contributed by atoms with Gasteiger partial charge in [0.15, 0.2) is 0 Å². The standard InChI is InChI=1S/C14H13Cl2N3O2/c15-10-1-2-11(12(16)9-10)14(21)19-7-5-18(6-8-19)13(20)3-4-17/h1-2,9H,3,5-8H2. The molecule has 5 nitrogen and oxygen atoms in total. The molecule has 1 heterocycles. The second-order valence-corrected chi connectivity index (χ2v) is 5.48. The number of carbonyl (C=O) groups excluding carboxylic acids is 2. The summed E-state index contributed by atoms with van der Waals surface area (Å²) in [5, 5.41) is 9.31. The van der Waals surface area contributed by atoms with Crippen LogP contribution in [-0.2, 0) is 4.79 Å². The minimum Gasteiger partial charge on any atom is -0.338 e. The van der Waals surface area contributed by atoms with Gasteiger partial charge >= 0.3 is 0 Å². The van der Waals surface area contributed by atoms with Gasteiger partial charge in [-0.15, -0.1) is 0 Å². The summed E-state index contributed by atoms with van der Waals surface area (Å²) in [6, 6.07) is 6.58. The van der Waals surface area contributed by atoms with E-state index in [2.05, 4.69) is 0 Å². The Kier molecular flexibility index (Phi) is 5.05. The molecule has 0 radical (unpaired) electrons. The van der Waals surface area contributed by atoms with Crippen molar-refractivity contribution in [2.45, 2.75) is 6.42 Å². The Hall–Kier alpha value is -1.77. The van der Waals surface area contributed by atoms with Crippen molar-refractivity contribution in [3.8, 4) is 6.07 Å². The maximum atomic E-state index is 12.4. The first kappa shape index (κ1) is 15.6. The zero-order valence-electron chi connectivity index (χ0n) is 11.2. The van der Waals surface area contributed by atoms with Gasteiger partial charge in [0.25, 0.3) is 5.91 Å². The number of nitrogens with zero attached hydrogens (tertiary/aromatic N) is 3. The Morgan fingerprint density at radius 1 is 1.14 bits per heavy atom. The van der Waals surface area contributed by atoms with E-state index in [1.165, 1.54) is 6.07 Å². The van der Waals surface area contributed by atoms with Crippen LogP contribution >= 0.6 is 23.2 Å². The average Bonchev–Trinajstić information content (AvgIpc) is 2.47. The molecule has 1 saturated heterocycles. The lowest BCUT2D eigenvalue weighted by atomic mass is 10.1. The predicted molar refractivity (Wildman–Crippen MR) is 79.2 cm³/mol. The molecule has 1 aromatic carbocycles. The molecule has 0 atom stereocenters. The predicted octanol–water partition coefficient (Wildman–Crippen LogP) is 2.19. The van der Waals surface area contributed by atoms with Gasteiger partial charge in [0.2, 0.25) is 5.91 Å². The first-order valence-corrected chi connectivity index (χ1v) is 7.17. The van der Waals surface area contributed by atoms with Gasteiger partial charge < -0.3 is 9.80 Å². The molecule has 0 unspecified atom stereocenters. The van der Waals surface area contributed by atoms with E-state index >= 15 is 0 Å². The molecule has 0 bridgehead atoms. The van der Waals surface area contributed by atoms with E-state index in [1.54, 1.807) is 21.9 Å². The number of amides is 2. The highest BCUT2D eigenvalue weighted by Crippen LogP contribution is 2.22. The van der Waals surface area contributed by atoms with Crippen LogP contribution in [0.4, 0.5) is 0 Å². The van der Waals surface area contributed by atoms with Crippen LogP contribution in [0.3, 0.4) is 0 Å². The quantitative estimate of drug-likeness (QED) is 0.837. The largest absolute Gasteiger partial charge is 0.338 e. The number of carbonyl (C=O) groups is 2. The van der Waals surface area contributed by atoms with E-state index in [9.17, 15) is 9.59 Å². The van der Waals surface area contributed by atoms with Crippen LogP contribution in [0.25, 0.3) is 0 Å². The molecule has 0 spiro atoms. The summed E-state index contributed by atoms with van der Waals surface area (Å²) < 4.78 is 0. The molecule has 110 valence electrons. The lowest BCUT2D eigenvalue weighted by Gasteiger charge is -2.34. The molecular weight excluding hydrogens is 313 g/mol. The number of halogens is 2. The van der Waals surface area contributed by atoms with E-state index in [0.717, 1.165) is 0 Å². The highest BCUT2D eigenvalue weighted by atomic mass is 35.5. The Morgan fingerprint density at radius 2 is 1.76 bits per heavy atom. The molecule has 0 N–H and O–H groups in total. The van der Waals surface area contributed by atoms with Crippen molar-refractivity contribution in [3.05, 3.63) is 33.8 Å². The van der Waals surface area contributed by atoms with Gasteiger partial charge in [0.1, 0.15) is 6.42 Å². The highest BCUT2D eigenvalue weighted by molar-refractivity contribution is 6.36. The first-order valence-electron chi connectivity index (χ1n) is 6.42. The third kappa shape index (κ3) is 3.66. The summed E-state index contributed by atoms with van der Waals surface area (Å²) in [5.41, 5.74) is 0.401. The van der Waals surface area contributed by atoms with Gasteiger partial charge in [-0.1, -0.05) is 23.2 Å². The smallest absolute Gasteiger partial charge is 0.255 e. The van der Waals surface area contributed by atoms with Gasteiger partial charge in [-0.05, 0) is 18.2 Å². The van der Waals surface area contributed by atoms with E-state index in [4.69, 9.17) is 28.5 Å². The normalized spacial score (nSPS) is 14.7. The Balaban J connectivity index is 2.00. The summed E-state index contributed by atoms with van der Waals surface area (Å²) in [7, 11) is 0. The van der Waals surface area contributed by atoms with Crippen LogP contribution in [0.2, 0.25) is 10.0 Å². The summed E-state index contributed by atoms with van der Waals surface area (Å²) in [5.74, 6) is -0.377. The molecule has 2 rings (SSSR count). The number of piperazine rings is 1. The molecule has 1 aliphatic heterocycles. The molecule has 21 heavy (non-hydrogen) atoms. The SMILES string of the molecule is N#CCC(=O)N1CCN(C(=O)c2ccc(Cl)cc2Cl)CC1. The first-order chi connectivity index (χ1) is 10.0. The van der Waals surface area contributed by atoms with Crippen LogP contribution < -0.4 is 0 Å². The topological polar surface area (TPSA) is 64.4 Å². The number of hydrogen-bond donors (Lipinski definition) is 0. The summed E-state index contributed by atoms with van der Waals surface area (Å²) >= 11 is 11.8. The third-order valence-corrected chi connectivity index (χ3v) is 3.86. The van der Waals surface area contributed by atoms with Crippen LogP contribution in [0, 0.1) is 11.3 Å². The van der Waals surface area contributed by atoms with Crippen molar-refractivity contribution in [2.24, 2.45) is 0 Å². The van der Waals surface area contributed by atoms with Gasteiger partial charge in [-0.2, -0.15) is 5.26 Å². The molecule has 2 amide bonds. The van der Waals surface area contributed by atoms with Crippen LogP contribution in [0.15, 0.2) is 18.2 Å². The van der Waals surface area contributed by atoms with Crippen molar-refractivity contribution >= 4 is 35.0 Å². The second-order valence-electron chi connectivity index (χ2n) is 4.63. The molecular formula is C14H13Cl2N3O2. The van der Waals surface area contributed by atoms with Gasteiger partial charge in [-0.25, -0.2) is 0 Å². The van der Waals surface area contributed by atoms with Crippen molar-refractivity contribution < 1.29 is 9.59 Å². The molecule has 1 aliphatic rings. The van der Waals surface area contributed by atoms with E-state index in [0.29, 0.717) is 41.8 Å². The summed E-state index contributed by atoms with van der Waals surface area (Å²) in [4.78, 5) is 27.2. The average molecular weight is 326 g/mol. The van der Waals surface area contributed by atoms with Crippen LogP contribution in [0.5, 0.6) is 0 Å². The Labute approximate surface area is 132 Å². The van der Waals surface area contributed by atoms with Crippen LogP contribution in [-0.4, -0.2) is 47.8 Å². The maximum absolute atomic E-state index is 12.4.